The molecule has 0 bridgehead atoms. The Balaban J connectivity index is 1.93. The average molecular weight is 357 g/mol. The lowest BCUT2D eigenvalue weighted by molar-refractivity contribution is -0.150. The first-order chi connectivity index (χ1) is 11.3. The Labute approximate surface area is 142 Å². The maximum absolute atomic E-state index is 12.3. The van der Waals surface area contributed by atoms with Gasteiger partial charge in [-0.15, -0.1) is 0 Å². The summed E-state index contributed by atoms with van der Waals surface area (Å²) in [6, 6.07) is 6.33. The minimum Gasteiger partial charge on any atom is -0.486 e. The third-order valence-electron chi connectivity index (χ3n) is 3.79. The molecule has 0 radical (unpaired) electrons. The molecule has 1 aromatic rings. The summed E-state index contributed by atoms with van der Waals surface area (Å²) in [5, 5.41) is 0. The van der Waals surface area contributed by atoms with Crippen molar-refractivity contribution in [1.29, 1.82) is 0 Å². The van der Waals surface area contributed by atoms with Crippen LogP contribution >= 0.6 is 0 Å². The molecule has 0 saturated heterocycles. The second kappa shape index (κ2) is 7.85. The number of carbonyl (C=O) groups is 1. The summed E-state index contributed by atoms with van der Waals surface area (Å²) in [6.07, 6.45) is 1.23. The molecule has 0 amide bonds. The molecule has 24 heavy (non-hydrogen) atoms. The molecule has 0 aliphatic carbocycles. The van der Waals surface area contributed by atoms with Gasteiger partial charge < -0.3 is 14.2 Å². The van der Waals surface area contributed by atoms with Crippen LogP contribution < -0.4 is 14.2 Å². The van der Waals surface area contributed by atoms with E-state index in [4.69, 9.17) is 14.2 Å². The normalized spacial score (nSPS) is 19.4. The standard InChI is InChI=1S/C16H23NO6S/c1-4-11(2)15(17-24(3,19)20)16(18)22-10-12-9-21-13-7-5-6-8-14(13)23-12/h5-8,11-12,15,17H,4,9-10H2,1-3H3/t11-,12-,15+/m0/s1. The summed E-state index contributed by atoms with van der Waals surface area (Å²) in [4.78, 5) is 12.3. The first-order valence-corrected chi connectivity index (χ1v) is 9.71. The Morgan fingerprint density at radius 2 is 2.04 bits per heavy atom. The van der Waals surface area contributed by atoms with E-state index in [0.717, 1.165) is 6.26 Å². The molecule has 1 aliphatic rings. The van der Waals surface area contributed by atoms with E-state index < -0.39 is 28.1 Å². The Bertz CT molecular complexity index is 675. The molecule has 134 valence electrons. The van der Waals surface area contributed by atoms with Crippen molar-refractivity contribution in [3.05, 3.63) is 24.3 Å². The zero-order valence-electron chi connectivity index (χ0n) is 14.0. The number of hydrogen-bond acceptors (Lipinski definition) is 6. The molecule has 8 heteroatoms. The number of nitrogens with one attached hydrogen (secondary N) is 1. The highest BCUT2D eigenvalue weighted by molar-refractivity contribution is 7.88. The van der Waals surface area contributed by atoms with Crippen molar-refractivity contribution < 1.29 is 27.4 Å². The third kappa shape index (κ3) is 5.10. The van der Waals surface area contributed by atoms with Crippen LogP contribution in [0.2, 0.25) is 0 Å². The van der Waals surface area contributed by atoms with Crippen molar-refractivity contribution >= 4 is 16.0 Å². The van der Waals surface area contributed by atoms with Crippen LogP contribution in [-0.2, 0) is 19.6 Å². The molecular formula is C16H23NO6S. The van der Waals surface area contributed by atoms with Crippen LogP contribution in [0.5, 0.6) is 11.5 Å². The van der Waals surface area contributed by atoms with Gasteiger partial charge in [0.05, 0.1) is 6.26 Å². The van der Waals surface area contributed by atoms with Crippen molar-refractivity contribution in [3.8, 4) is 11.5 Å². The number of rotatable bonds is 7. The summed E-state index contributed by atoms with van der Waals surface area (Å²) >= 11 is 0. The fourth-order valence-electron chi connectivity index (χ4n) is 2.27. The second-order valence-electron chi connectivity index (χ2n) is 5.88. The Morgan fingerprint density at radius 1 is 1.38 bits per heavy atom. The Morgan fingerprint density at radius 3 is 2.67 bits per heavy atom. The van der Waals surface area contributed by atoms with Gasteiger partial charge in [0.15, 0.2) is 17.6 Å². The highest BCUT2D eigenvalue weighted by Gasteiger charge is 2.30. The predicted molar refractivity (Wildman–Crippen MR) is 88.5 cm³/mol. The van der Waals surface area contributed by atoms with Crippen molar-refractivity contribution in [2.45, 2.75) is 32.4 Å². The van der Waals surface area contributed by atoms with Gasteiger partial charge >= 0.3 is 5.97 Å². The highest BCUT2D eigenvalue weighted by atomic mass is 32.2. The summed E-state index contributed by atoms with van der Waals surface area (Å²) in [5.41, 5.74) is 0. The lowest BCUT2D eigenvalue weighted by Gasteiger charge is -2.27. The molecule has 1 heterocycles. The largest absolute Gasteiger partial charge is 0.486 e. The minimum atomic E-state index is -3.51. The van der Waals surface area contributed by atoms with Gasteiger partial charge in [-0.05, 0) is 18.1 Å². The van der Waals surface area contributed by atoms with Gasteiger partial charge in [0.2, 0.25) is 10.0 Å². The van der Waals surface area contributed by atoms with E-state index >= 15 is 0 Å². The molecule has 1 N–H and O–H groups in total. The van der Waals surface area contributed by atoms with Gasteiger partial charge in [-0.3, -0.25) is 4.79 Å². The van der Waals surface area contributed by atoms with E-state index in [0.29, 0.717) is 17.9 Å². The van der Waals surface area contributed by atoms with Crippen LogP contribution in [0.25, 0.3) is 0 Å². The number of ether oxygens (including phenoxy) is 3. The lowest BCUT2D eigenvalue weighted by atomic mass is 10.0. The van der Waals surface area contributed by atoms with E-state index in [1.165, 1.54) is 0 Å². The van der Waals surface area contributed by atoms with Crippen LogP contribution in [0, 0.1) is 5.92 Å². The molecule has 0 unspecified atom stereocenters. The van der Waals surface area contributed by atoms with Crippen LogP contribution in [-0.4, -0.2) is 46.0 Å². The number of esters is 1. The summed E-state index contributed by atoms with van der Waals surface area (Å²) in [7, 11) is -3.51. The van der Waals surface area contributed by atoms with E-state index in [2.05, 4.69) is 4.72 Å². The number of para-hydroxylation sites is 2. The van der Waals surface area contributed by atoms with Crippen LogP contribution in [0.15, 0.2) is 24.3 Å². The number of sulfonamides is 1. The molecule has 0 spiro atoms. The van der Waals surface area contributed by atoms with Gasteiger partial charge in [0.1, 0.15) is 19.3 Å². The van der Waals surface area contributed by atoms with Gasteiger partial charge in [-0.2, -0.15) is 0 Å². The van der Waals surface area contributed by atoms with E-state index in [1.54, 1.807) is 19.1 Å². The van der Waals surface area contributed by atoms with Crippen molar-refractivity contribution in [1.82, 2.24) is 4.72 Å². The quantitative estimate of drug-likeness (QED) is 0.741. The summed E-state index contributed by atoms with van der Waals surface area (Å²) in [5.74, 6) is 0.447. The number of benzene rings is 1. The third-order valence-corrected chi connectivity index (χ3v) is 4.47. The summed E-state index contributed by atoms with van der Waals surface area (Å²) in [6.45, 7) is 3.92. The zero-order valence-corrected chi connectivity index (χ0v) is 14.8. The average Bonchev–Trinajstić information content (AvgIpc) is 2.56. The topological polar surface area (TPSA) is 90.9 Å². The lowest BCUT2D eigenvalue weighted by Crippen LogP contribution is -2.46. The summed E-state index contributed by atoms with van der Waals surface area (Å²) < 4.78 is 41.7. The van der Waals surface area contributed by atoms with Crippen molar-refractivity contribution in [2.75, 3.05) is 19.5 Å². The Hall–Kier alpha value is -1.80. The fourth-order valence-corrected chi connectivity index (χ4v) is 3.06. The first kappa shape index (κ1) is 18.5. The van der Waals surface area contributed by atoms with Gasteiger partial charge in [-0.25, -0.2) is 13.1 Å². The van der Waals surface area contributed by atoms with Crippen molar-refractivity contribution in [3.63, 3.8) is 0 Å². The van der Waals surface area contributed by atoms with Gasteiger partial charge in [0.25, 0.3) is 0 Å². The van der Waals surface area contributed by atoms with Crippen LogP contribution in [0.4, 0.5) is 0 Å². The van der Waals surface area contributed by atoms with Gasteiger partial charge in [-0.1, -0.05) is 32.4 Å². The number of carbonyl (C=O) groups excluding carboxylic acids is 1. The zero-order chi connectivity index (χ0) is 17.7. The van der Waals surface area contributed by atoms with Crippen LogP contribution in [0.1, 0.15) is 20.3 Å². The van der Waals surface area contributed by atoms with E-state index in [1.807, 2.05) is 19.1 Å². The molecule has 0 saturated carbocycles. The highest BCUT2D eigenvalue weighted by Crippen LogP contribution is 2.30. The van der Waals surface area contributed by atoms with Crippen LogP contribution in [0.3, 0.4) is 0 Å². The molecule has 7 nitrogen and oxygen atoms in total. The molecule has 2 rings (SSSR count). The minimum absolute atomic E-state index is 0.00839. The number of fused-ring (bicyclic) bond motifs is 1. The maximum Gasteiger partial charge on any atom is 0.324 e. The maximum atomic E-state index is 12.3. The SMILES string of the molecule is CC[C@H](C)[C@@H](NS(C)(=O)=O)C(=O)OC[C@@H]1COc2ccccc2O1. The molecule has 0 fully saturated rings. The molecular weight excluding hydrogens is 334 g/mol. The van der Waals surface area contributed by atoms with E-state index in [-0.39, 0.29) is 19.1 Å². The number of hydrogen-bond donors (Lipinski definition) is 1. The van der Waals surface area contributed by atoms with E-state index in [9.17, 15) is 13.2 Å². The second-order valence-corrected chi connectivity index (χ2v) is 7.66. The fraction of sp³-hybridized carbons (Fsp3) is 0.562. The van der Waals surface area contributed by atoms with Crippen molar-refractivity contribution in [2.24, 2.45) is 5.92 Å². The molecule has 1 aromatic carbocycles. The smallest absolute Gasteiger partial charge is 0.324 e. The monoisotopic (exact) mass is 357 g/mol. The Kier molecular flexibility index (Phi) is 6.06. The molecule has 3 atom stereocenters. The van der Waals surface area contributed by atoms with Gasteiger partial charge in [0, 0.05) is 0 Å². The molecule has 0 aromatic heterocycles. The molecule has 1 aliphatic heterocycles. The first-order valence-electron chi connectivity index (χ1n) is 7.82. The predicted octanol–water partition coefficient (Wildman–Crippen LogP) is 1.33.